The molecule has 0 saturated heterocycles. The predicted octanol–water partition coefficient (Wildman–Crippen LogP) is 3.56. The maximum absolute atomic E-state index is 9.33. The minimum atomic E-state index is -0.203. The highest BCUT2D eigenvalue weighted by Gasteiger charge is 2.17. The van der Waals surface area contributed by atoms with Crippen LogP contribution in [0.1, 0.15) is 48.6 Å². The van der Waals surface area contributed by atoms with Gasteiger partial charge in [-0.3, -0.25) is 5.32 Å². The minimum absolute atomic E-state index is 0.203. The molecule has 0 saturated carbocycles. The number of hydrogen-bond donors (Lipinski definition) is 1. The summed E-state index contributed by atoms with van der Waals surface area (Å²) >= 11 is 0. The van der Waals surface area contributed by atoms with E-state index < -0.39 is 0 Å². The van der Waals surface area contributed by atoms with Gasteiger partial charge in [-0.05, 0) is 50.8 Å². The van der Waals surface area contributed by atoms with Crippen molar-refractivity contribution in [3.8, 4) is 6.07 Å². The second-order valence-corrected chi connectivity index (χ2v) is 4.85. The molecule has 0 aromatic heterocycles. The lowest BCUT2D eigenvalue weighted by atomic mass is 9.94. The molecule has 0 aliphatic rings. The molecule has 2 nitrogen and oxygen atoms in total. The van der Waals surface area contributed by atoms with E-state index in [0.29, 0.717) is 6.04 Å². The summed E-state index contributed by atoms with van der Waals surface area (Å²) < 4.78 is 0. The van der Waals surface area contributed by atoms with Crippen molar-refractivity contribution in [3.63, 3.8) is 0 Å². The number of nitrogens with one attached hydrogen (secondary N) is 1. The average molecular weight is 230 g/mol. The zero-order valence-corrected chi connectivity index (χ0v) is 11.5. The lowest BCUT2D eigenvalue weighted by molar-refractivity contribution is 0.499. The number of nitrogens with zero attached hydrogens (tertiary/aromatic N) is 1. The van der Waals surface area contributed by atoms with Gasteiger partial charge in [-0.25, -0.2) is 0 Å². The molecule has 2 heteroatoms. The van der Waals surface area contributed by atoms with Gasteiger partial charge in [0.2, 0.25) is 0 Å². The lowest BCUT2D eigenvalue weighted by Gasteiger charge is -2.21. The maximum Gasteiger partial charge on any atom is 0.122 e. The van der Waals surface area contributed by atoms with E-state index in [2.05, 4.69) is 58.1 Å². The quantitative estimate of drug-likeness (QED) is 0.858. The Hall–Kier alpha value is -1.33. The normalized spacial score (nSPS) is 14.1. The van der Waals surface area contributed by atoms with Gasteiger partial charge in [0.1, 0.15) is 6.04 Å². The van der Waals surface area contributed by atoms with Gasteiger partial charge >= 0.3 is 0 Å². The van der Waals surface area contributed by atoms with Crippen LogP contribution in [0.15, 0.2) is 12.1 Å². The molecule has 0 aliphatic heterocycles. The Morgan fingerprint density at radius 1 is 1.24 bits per heavy atom. The molecule has 1 N–H and O–H groups in total. The molecule has 2 unspecified atom stereocenters. The third kappa shape index (κ3) is 3.31. The average Bonchev–Trinajstić information content (AvgIpc) is 2.25. The molecule has 0 bridgehead atoms. The Labute approximate surface area is 105 Å². The predicted molar refractivity (Wildman–Crippen MR) is 71.9 cm³/mol. The van der Waals surface area contributed by atoms with Crippen molar-refractivity contribution in [2.24, 2.45) is 0 Å². The Balaban J connectivity index is 3.09. The van der Waals surface area contributed by atoms with Crippen LogP contribution in [0.4, 0.5) is 0 Å². The first kappa shape index (κ1) is 13.7. The van der Waals surface area contributed by atoms with Crippen LogP contribution in [0.25, 0.3) is 0 Å². The Kier molecular flexibility index (Phi) is 4.72. The summed E-state index contributed by atoms with van der Waals surface area (Å²) in [6.45, 7) is 10.5. The van der Waals surface area contributed by atoms with E-state index in [1.807, 2.05) is 0 Å². The van der Waals surface area contributed by atoms with Crippen LogP contribution in [0.5, 0.6) is 0 Å². The van der Waals surface area contributed by atoms with Crippen molar-refractivity contribution >= 4 is 0 Å². The summed E-state index contributed by atoms with van der Waals surface area (Å²) in [7, 11) is 0. The molecule has 1 aromatic carbocycles. The molecule has 0 aliphatic carbocycles. The first-order chi connectivity index (χ1) is 7.99. The maximum atomic E-state index is 9.33. The van der Waals surface area contributed by atoms with E-state index in [1.54, 1.807) is 0 Å². The molecule has 0 spiro atoms. The van der Waals surface area contributed by atoms with Gasteiger partial charge in [-0.2, -0.15) is 5.26 Å². The molecular formula is C15H22N2. The van der Waals surface area contributed by atoms with E-state index in [9.17, 15) is 5.26 Å². The van der Waals surface area contributed by atoms with Crippen LogP contribution in [-0.2, 0) is 0 Å². The first-order valence-corrected chi connectivity index (χ1v) is 6.23. The molecule has 0 amide bonds. The molecule has 92 valence electrons. The van der Waals surface area contributed by atoms with Crippen molar-refractivity contribution in [2.45, 2.75) is 53.1 Å². The van der Waals surface area contributed by atoms with Gasteiger partial charge in [0.05, 0.1) is 6.07 Å². The van der Waals surface area contributed by atoms with Crippen molar-refractivity contribution in [3.05, 3.63) is 34.4 Å². The van der Waals surface area contributed by atoms with Crippen LogP contribution >= 0.6 is 0 Å². The Morgan fingerprint density at radius 2 is 1.76 bits per heavy atom. The van der Waals surface area contributed by atoms with E-state index in [4.69, 9.17) is 0 Å². The smallest absolute Gasteiger partial charge is 0.122 e. The van der Waals surface area contributed by atoms with Crippen LogP contribution in [0, 0.1) is 32.1 Å². The number of benzene rings is 1. The molecule has 0 radical (unpaired) electrons. The van der Waals surface area contributed by atoms with Crippen molar-refractivity contribution in [1.82, 2.24) is 5.32 Å². The molecule has 1 rings (SSSR count). The monoisotopic (exact) mass is 230 g/mol. The van der Waals surface area contributed by atoms with E-state index in [0.717, 1.165) is 12.0 Å². The highest BCUT2D eigenvalue weighted by molar-refractivity contribution is 5.41. The van der Waals surface area contributed by atoms with E-state index >= 15 is 0 Å². The van der Waals surface area contributed by atoms with Gasteiger partial charge in [0.15, 0.2) is 0 Å². The molecule has 1 aromatic rings. The second-order valence-electron chi connectivity index (χ2n) is 4.85. The van der Waals surface area contributed by atoms with Crippen LogP contribution < -0.4 is 5.32 Å². The fourth-order valence-electron chi connectivity index (χ4n) is 2.23. The SMILES string of the molecule is CCC(C)NC(C#N)c1c(C)cc(C)cc1C. The topological polar surface area (TPSA) is 35.8 Å². The summed E-state index contributed by atoms with van der Waals surface area (Å²) in [5, 5.41) is 12.7. The number of rotatable bonds is 4. The largest absolute Gasteiger partial charge is 0.296 e. The molecule has 0 heterocycles. The zero-order chi connectivity index (χ0) is 13.0. The van der Waals surface area contributed by atoms with Crippen LogP contribution in [0.3, 0.4) is 0 Å². The van der Waals surface area contributed by atoms with Crippen molar-refractivity contribution in [1.29, 1.82) is 5.26 Å². The van der Waals surface area contributed by atoms with Gasteiger partial charge in [-0.1, -0.05) is 24.6 Å². The number of aryl methyl sites for hydroxylation is 3. The van der Waals surface area contributed by atoms with Gasteiger partial charge < -0.3 is 0 Å². The number of hydrogen-bond acceptors (Lipinski definition) is 2. The van der Waals surface area contributed by atoms with Crippen LogP contribution in [0.2, 0.25) is 0 Å². The lowest BCUT2D eigenvalue weighted by Crippen LogP contribution is -2.30. The minimum Gasteiger partial charge on any atom is -0.296 e. The standard InChI is InChI=1S/C15H22N2/c1-6-13(5)17-14(9-16)15-11(3)7-10(2)8-12(15)4/h7-8,13-14,17H,6H2,1-5H3. The van der Waals surface area contributed by atoms with Gasteiger partial charge in [0.25, 0.3) is 0 Å². The Bertz CT molecular complexity index is 406. The molecular weight excluding hydrogens is 208 g/mol. The van der Waals surface area contributed by atoms with E-state index in [1.165, 1.54) is 16.7 Å². The highest BCUT2D eigenvalue weighted by atomic mass is 14.9. The molecule has 0 fully saturated rings. The molecule has 2 atom stereocenters. The van der Waals surface area contributed by atoms with Gasteiger partial charge in [-0.15, -0.1) is 0 Å². The second kappa shape index (κ2) is 5.84. The van der Waals surface area contributed by atoms with E-state index in [-0.39, 0.29) is 6.04 Å². The fourth-order valence-corrected chi connectivity index (χ4v) is 2.23. The van der Waals surface area contributed by atoms with Crippen molar-refractivity contribution < 1.29 is 0 Å². The third-order valence-corrected chi connectivity index (χ3v) is 3.22. The summed E-state index contributed by atoms with van der Waals surface area (Å²) in [5.41, 5.74) is 4.79. The summed E-state index contributed by atoms with van der Waals surface area (Å²) in [4.78, 5) is 0. The zero-order valence-electron chi connectivity index (χ0n) is 11.5. The van der Waals surface area contributed by atoms with Gasteiger partial charge in [0, 0.05) is 6.04 Å². The first-order valence-electron chi connectivity index (χ1n) is 6.23. The summed E-state index contributed by atoms with van der Waals surface area (Å²) in [6, 6.07) is 6.82. The highest BCUT2D eigenvalue weighted by Crippen LogP contribution is 2.23. The third-order valence-electron chi connectivity index (χ3n) is 3.22. The van der Waals surface area contributed by atoms with Crippen molar-refractivity contribution in [2.75, 3.05) is 0 Å². The summed E-state index contributed by atoms with van der Waals surface area (Å²) in [5.74, 6) is 0. The Morgan fingerprint density at radius 3 is 2.18 bits per heavy atom. The summed E-state index contributed by atoms with van der Waals surface area (Å²) in [6.07, 6.45) is 1.03. The molecule has 17 heavy (non-hydrogen) atoms. The fraction of sp³-hybridized carbons (Fsp3) is 0.533. The van der Waals surface area contributed by atoms with Crippen LogP contribution in [-0.4, -0.2) is 6.04 Å². The number of nitriles is 1.